The van der Waals surface area contributed by atoms with E-state index in [2.05, 4.69) is 19.2 Å². The first-order valence-corrected chi connectivity index (χ1v) is 5.80. The predicted molar refractivity (Wildman–Crippen MR) is 64.2 cm³/mol. The summed E-state index contributed by atoms with van der Waals surface area (Å²) >= 11 is 0. The van der Waals surface area contributed by atoms with Gasteiger partial charge in [0.2, 0.25) is 0 Å². The molecular formula is C13H20FNO. The minimum Gasteiger partial charge on any atom is -0.490 e. The van der Waals surface area contributed by atoms with Gasteiger partial charge in [0.25, 0.3) is 0 Å². The zero-order chi connectivity index (χ0) is 12.0. The van der Waals surface area contributed by atoms with Crippen molar-refractivity contribution in [2.75, 3.05) is 7.05 Å². The Hall–Kier alpha value is -1.09. The molecule has 16 heavy (non-hydrogen) atoms. The van der Waals surface area contributed by atoms with Gasteiger partial charge in [-0.05, 0) is 37.6 Å². The number of ether oxygens (including phenoxy) is 1. The van der Waals surface area contributed by atoms with E-state index in [9.17, 15) is 4.39 Å². The molecule has 1 aromatic rings. The Morgan fingerprint density at radius 1 is 1.25 bits per heavy atom. The molecule has 0 saturated heterocycles. The second-order valence-electron chi connectivity index (χ2n) is 3.88. The van der Waals surface area contributed by atoms with Crippen LogP contribution in [-0.4, -0.2) is 13.2 Å². The molecule has 3 heteroatoms. The minimum atomic E-state index is -0.242. The summed E-state index contributed by atoms with van der Waals surface area (Å²) < 4.78 is 19.0. The lowest BCUT2D eigenvalue weighted by Gasteiger charge is -2.16. The molecule has 0 fully saturated rings. The van der Waals surface area contributed by atoms with Crippen LogP contribution >= 0.6 is 0 Å². The summed E-state index contributed by atoms with van der Waals surface area (Å²) in [5, 5.41) is 3.00. The highest BCUT2D eigenvalue weighted by atomic mass is 19.1. The van der Waals surface area contributed by atoms with Crippen molar-refractivity contribution >= 4 is 0 Å². The molecule has 1 N–H and O–H groups in total. The zero-order valence-corrected chi connectivity index (χ0v) is 10.2. The van der Waals surface area contributed by atoms with E-state index >= 15 is 0 Å². The highest BCUT2D eigenvalue weighted by Crippen LogP contribution is 2.19. The quantitative estimate of drug-likeness (QED) is 0.803. The first-order valence-electron chi connectivity index (χ1n) is 5.80. The van der Waals surface area contributed by atoms with Crippen molar-refractivity contribution in [1.29, 1.82) is 0 Å². The van der Waals surface area contributed by atoms with Crippen molar-refractivity contribution < 1.29 is 9.13 Å². The maximum Gasteiger partial charge on any atom is 0.127 e. The van der Waals surface area contributed by atoms with Crippen LogP contribution in [-0.2, 0) is 6.54 Å². The summed E-state index contributed by atoms with van der Waals surface area (Å²) in [6.45, 7) is 4.79. The average molecular weight is 225 g/mol. The van der Waals surface area contributed by atoms with Gasteiger partial charge in [-0.2, -0.15) is 0 Å². The van der Waals surface area contributed by atoms with Gasteiger partial charge in [0.1, 0.15) is 11.6 Å². The van der Waals surface area contributed by atoms with E-state index in [1.54, 1.807) is 0 Å². The van der Waals surface area contributed by atoms with E-state index in [1.807, 2.05) is 13.1 Å². The van der Waals surface area contributed by atoms with Crippen LogP contribution < -0.4 is 10.1 Å². The topological polar surface area (TPSA) is 21.3 Å². The van der Waals surface area contributed by atoms with Gasteiger partial charge in [-0.3, -0.25) is 0 Å². The Morgan fingerprint density at radius 2 is 1.94 bits per heavy atom. The van der Waals surface area contributed by atoms with E-state index in [-0.39, 0.29) is 11.9 Å². The summed E-state index contributed by atoms with van der Waals surface area (Å²) in [6, 6.07) is 4.85. The molecule has 0 aliphatic carbocycles. The Kier molecular flexibility index (Phi) is 5.26. The van der Waals surface area contributed by atoms with Crippen LogP contribution in [0, 0.1) is 5.82 Å². The summed E-state index contributed by atoms with van der Waals surface area (Å²) in [4.78, 5) is 0. The van der Waals surface area contributed by atoms with Gasteiger partial charge in [0.05, 0.1) is 6.10 Å². The summed E-state index contributed by atoms with van der Waals surface area (Å²) in [6.07, 6.45) is 2.05. The molecule has 0 amide bonds. The summed E-state index contributed by atoms with van der Waals surface area (Å²) in [5.41, 5.74) is 0.906. The van der Waals surface area contributed by atoms with E-state index < -0.39 is 0 Å². The maximum atomic E-state index is 13.3. The van der Waals surface area contributed by atoms with Crippen molar-refractivity contribution in [2.24, 2.45) is 0 Å². The largest absolute Gasteiger partial charge is 0.490 e. The number of nitrogens with one attached hydrogen (secondary N) is 1. The third kappa shape index (κ3) is 3.81. The predicted octanol–water partition coefficient (Wildman–Crippen LogP) is 3.11. The fourth-order valence-electron chi connectivity index (χ4n) is 1.64. The van der Waals surface area contributed by atoms with Crippen LogP contribution in [0.5, 0.6) is 5.75 Å². The van der Waals surface area contributed by atoms with Gasteiger partial charge in [-0.1, -0.05) is 13.8 Å². The van der Waals surface area contributed by atoms with Gasteiger partial charge >= 0.3 is 0 Å². The molecule has 0 heterocycles. The number of hydrogen-bond donors (Lipinski definition) is 1. The minimum absolute atomic E-state index is 0.171. The molecule has 0 aliphatic heterocycles. The van der Waals surface area contributed by atoms with Gasteiger partial charge in [-0.25, -0.2) is 4.39 Å². The summed E-state index contributed by atoms with van der Waals surface area (Å²) in [7, 11) is 1.84. The molecule has 1 rings (SSSR count). The third-order valence-corrected chi connectivity index (χ3v) is 2.53. The van der Waals surface area contributed by atoms with Gasteiger partial charge in [0, 0.05) is 12.6 Å². The van der Waals surface area contributed by atoms with Crippen LogP contribution in [0.3, 0.4) is 0 Å². The number of hydrogen-bond acceptors (Lipinski definition) is 2. The molecule has 2 nitrogen and oxygen atoms in total. The number of rotatable bonds is 6. The molecular weight excluding hydrogens is 205 g/mol. The number of benzene rings is 1. The third-order valence-electron chi connectivity index (χ3n) is 2.53. The summed E-state index contributed by atoms with van der Waals surface area (Å²) in [5.74, 6) is 0.382. The molecule has 90 valence electrons. The standard InChI is InChI=1S/C13H20FNO/c1-4-12(5-2)16-13-7-10(9-15-3)6-11(14)8-13/h6-8,12,15H,4-5,9H2,1-3H3. The van der Waals surface area contributed by atoms with Crippen molar-refractivity contribution in [2.45, 2.75) is 39.3 Å². The molecule has 0 spiro atoms. The smallest absolute Gasteiger partial charge is 0.127 e. The highest BCUT2D eigenvalue weighted by Gasteiger charge is 2.07. The molecule has 0 saturated carbocycles. The van der Waals surface area contributed by atoms with E-state index in [4.69, 9.17) is 4.74 Å². The molecule has 0 aliphatic rings. The zero-order valence-electron chi connectivity index (χ0n) is 10.2. The molecule has 0 aromatic heterocycles. The van der Waals surface area contributed by atoms with Crippen molar-refractivity contribution in [3.8, 4) is 5.75 Å². The van der Waals surface area contributed by atoms with E-state index in [1.165, 1.54) is 12.1 Å². The lowest BCUT2D eigenvalue weighted by Crippen LogP contribution is -2.14. The fraction of sp³-hybridized carbons (Fsp3) is 0.538. The van der Waals surface area contributed by atoms with Crippen molar-refractivity contribution in [3.05, 3.63) is 29.6 Å². The normalized spacial score (nSPS) is 10.8. The Labute approximate surface area is 96.8 Å². The van der Waals surface area contributed by atoms with Crippen LogP contribution in [0.25, 0.3) is 0 Å². The lowest BCUT2D eigenvalue weighted by atomic mass is 10.2. The molecule has 0 bridgehead atoms. The molecule has 0 unspecified atom stereocenters. The van der Waals surface area contributed by atoms with Crippen LogP contribution in [0.15, 0.2) is 18.2 Å². The van der Waals surface area contributed by atoms with Crippen molar-refractivity contribution in [3.63, 3.8) is 0 Å². The average Bonchev–Trinajstić information content (AvgIpc) is 2.25. The van der Waals surface area contributed by atoms with Crippen LogP contribution in [0.4, 0.5) is 4.39 Å². The monoisotopic (exact) mass is 225 g/mol. The fourth-order valence-corrected chi connectivity index (χ4v) is 1.64. The van der Waals surface area contributed by atoms with Gasteiger partial charge < -0.3 is 10.1 Å². The second-order valence-corrected chi connectivity index (χ2v) is 3.88. The first kappa shape index (κ1) is 13.0. The Morgan fingerprint density at radius 3 is 2.50 bits per heavy atom. The Bertz CT molecular complexity index is 324. The number of halogens is 1. The molecule has 0 radical (unpaired) electrons. The van der Waals surface area contributed by atoms with Crippen molar-refractivity contribution in [1.82, 2.24) is 5.32 Å². The highest BCUT2D eigenvalue weighted by molar-refractivity contribution is 5.29. The van der Waals surface area contributed by atoms with E-state index in [0.717, 1.165) is 18.4 Å². The SMILES string of the molecule is CCC(CC)Oc1cc(F)cc(CNC)c1. The first-order chi connectivity index (χ1) is 7.69. The van der Waals surface area contributed by atoms with Crippen LogP contribution in [0.2, 0.25) is 0 Å². The van der Waals surface area contributed by atoms with Gasteiger partial charge in [-0.15, -0.1) is 0 Å². The van der Waals surface area contributed by atoms with E-state index in [0.29, 0.717) is 12.3 Å². The van der Waals surface area contributed by atoms with Gasteiger partial charge in [0.15, 0.2) is 0 Å². The molecule has 1 aromatic carbocycles. The van der Waals surface area contributed by atoms with Crippen LogP contribution in [0.1, 0.15) is 32.3 Å². The lowest BCUT2D eigenvalue weighted by molar-refractivity contribution is 0.192. The maximum absolute atomic E-state index is 13.3. The molecule has 0 atom stereocenters. The second kappa shape index (κ2) is 6.48. The Balaban J connectivity index is 2.78.